The first-order chi connectivity index (χ1) is 8.81. The van der Waals surface area contributed by atoms with Crippen LogP contribution >= 0.6 is 27.3 Å². The summed E-state index contributed by atoms with van der Waals surface area (Å²) in [5.41, 5.74) is 1.35. The lowest BCUT2D eigenvalue weighted by Crippen LogP contribution is -2.49. The normalized spacial score (nSPS) is 28.5. The van der Waals surface area contributed by atoms with Gasteiger partial charge in [0.15, 0.2) is 0 Å². The fourth-order valence-corrected chi connectivity index (χ4v) is 4.03. The molecule has 2 aliphatic heterocycles. The number of ether oxygens (including phenoxy) is 1. The van der Waals surface area contributed by atoms with Gasteiger partial charge in [0.25, 0.3) is 0 Å². The molecule has 3 nitrogen and oxygen atoms in total. The number of nitrogens with zero attached hydrogens (tertiary/aromatic N) is 1. The molecule has 2 atom stereocenters. The highest BCUT2D eigenvalue weighted by atomic mass is 79.9. The van der Waals surface area contributed by atoms with Gasteiger partial charge in [-0.25, -0.2) is 0 Å². The maximum absolute atomic E-state index is 5.92. The number of fused-ring (bicyclic) bond motifs is 1. The van der Waals surface area contributed by atoms with Gasteiger partial charge in [-0.2, -0.15) is 0 Å². The van der Waals surface area contributed by atoms with Crippen molar-refractivity contribution in [1.82, 2.24) is 10.2 Å². The van der Waals surface area contributed by atoms with Gasteiger partial charge in [-0.05, 0) is 52.3 Å². The van der Waals surface area contributed by atoms with Crippen molar-refractivity contribution in [2.24, 2.45) is 0 Å². The van der Waals surface area contributed by atoms with Crippen LogP contribution in [0.1, 0.15) is 18.4 Å². The molecule has 1 aromatic rings. The summed E-state index contributed by atoms with van der Waals surface area (Å²) in [4.78, 5) is 2.59. The number of rotatable bonds is 4. The minimum Gasteiger partial charge on any atom is -0.374 e. The van der Waals surface area contributed by atoms with E-state index < -0.39 is 0 Å². The van der Waals surface area contributed by atoms with Crippen LogP contribution in [-0.4, -0.2) is 43.3 Å². The Bertz CT molecular complexity index is 398. The van der Waals surface area contributed by atoms with E-state index >= 15 is 0 Å². The van der Waals surface area contributed by atoms with Crippen molar-refractivity contribution in [3.05, 3.63) is 20.8 Å². The third-order valence-electron chi connectivity index (χ3n) is 3.78. The predicted molar refractivity (Wildman–Crippen MR) is 78.1 cm³/mol. The third-order valence-corrected chi connectivity index (χ3v) is 5.34. The summed E-state index contributed by atoms with van der Waals surface area (Å²) in [6.07, 6.45) is 3.03. The van der Waals surface area contributed by atoms with Gasteiger partial charge in [0.2, 0.25) is 0 Å². The van der Waals surface area contributed by atoms with Gasteiger partial charge in [0, 0.05) is 25.7 Å². The molecule has 1 N–H and O–H groups in total. The summed E-state index contributed by atoms with van der Waals surface area (Å²) in [6, 6.07) is 2.88. The zero-order valence-electron chi connectivity index (χ0n) is 10.4. The molecule has 0 bridgehead atoms. The number of thiophene rings is 1. The number of hydrogen-bond acceptors (Lipinski definition) is 4. The van der Waals surface area contributed by atoms with E-state index in [1.165, 1.54) is 28.7 Å². The van der Waals surface area contributed by atoms with E-state index in [2.05, 4.69) is 37.6 Å². The standard InChI is InChI=1S/C13H19BrN2OS/c14-13-4-10(9-18-13)5-15-6-12-7-16-3-1-2-11(16)8-17-12/h4,9,11-12,15H,1-3,5-8H2. The summed E-state index contributed by atoms with van der Waals surface area (Å²) < 4.78 is 7.13. The van der Waals surface area contributed by atoms with Gasteiger partial charge >= 0.3 is 0 Å². The molecule has 0 aliphatic carbocycles. The molecular formula is C13H19BrN2OS. The molecule has 100 valence electrons. The summed E-state index contributed by atoms with van der Waals surface area (Å²) in [6.45, 7) is 5.19. The SMILES string of the molecule is Brc1cc(CNCC2CN3CCCC3CO2)cs1. The van der Waals surface area contributed by atoms with Gasteiger partial charge in [0.05, 0.1) is 16.5 Å². The highest BCUT2D eigenvalue weighted by Gasteiger charge is 2.31. The summed E-state index contributed by atoms with van der Waals surface area (Å²) >= 11 is 5.23. The molecule has 2 saturated heterocycles. The van der Waals surface area contributed by atoms with Crippen LogP contribution in [0.4, 0.5) is 0 Å². The Balaban J connectivity index is 1.41. The quantitative estimate of drug-likeness (QED) is 0.917. The largest absolute Gasteiger partial charge is 0.374 e. The first kappa shape index (κ1) is 13.1. The molecule has 0 spiro atoms. The molecule has 2 aliphatic rings. The molecule has 2 fully saturated rings. The number of morpholine rings is 1. The monoisotopic (exact) mass is 330 g/mol. The van der Waals surface area contributed by atoms with E-state index in [0.717, 1.165) is 26.2 Å². The maximum Gasteiger partial charge on any atom is 0.0827 e. The summed E-state index contributed by atoms with van der Waals surface area (Å²) in [5.74, 6) is 0. The molecular weight excluding hydrogens is 312 g/mol. The van der Waals surface area contributed by atoms with Crippen LogP contribution in [0, 0.1) is 0 Å². The molecule has 0 aromatic carbocycles. The van der Waals surface area contributed by atoms with Crippen LogP contribution in [0.2, 0.25) is 0 Å². The van der Waals surface area contributed by atoms with E-state index in [-0.39, 0.29) is 0 Å². The van der Waals surface area contributed by atoms with E-state index in [1.54, 1.807) is 11.3 Å². The summed E-state index contributed by atoms with van der Waals surface area (Å²) in [7, 11) is 0. The van der Waals surface area contributed by atoms with Gasteiger partial charge in [-0.3, -0.25) is 4.90 Å². The Morgan fingerprint density at radius 1 is 1.56 bits per heavy atom. The Kier molecular flexibility index (Phi) is 4.36. The highest BCUT2D eigenvalue weighted by Crippen LogP contribution is 2.23. The second-order valence-corrected chi connectivity index (χ2v) is 7.43. The molecule has 0 amide bonds. The average Bonchev–Trinajstić information content (AvgIpc) is 2.97. The van der Waals surface area contributed by atoms with Crippen molar-refractivity contribution in [1.29, 1.82) is 0 Å². The summed E-state index contributed by atoms with van der Waals surface area (Å²) in [5, 5.41) is 5.69. The topological polar surface area (TPSA) is 24.5 Å². The van der Waals surface area contributed by atoms with Crippen molar-refractivity contribution in [3.8, 4) is 0 Å². The van der Waals surface area contributed by atoms with Crippen LogP contribution in [0.15, 0.2) is 15.2 Å². The first-order valence-corrected chi connectivity index (χ1v) is 8.28. The number of halogens is 1. The Morgan fingerprint density at radius 3 is 3.33 bits per heavy atom. The average molecular weight is 331 g/mol. The first-order valence-electron chi connectivity index (χ1n) is 6.60. The Hall–Kier alpha value is 0.0600. The number of nitrogens with one attached hydrogen (secondary N) is 1. The molecule has 3 rings (SSSR count). The second kappa shape index (κ2) is 6.01. The van der Waals surface area contributed by atoms with Crippen LogP contribution in [0.3, 0.4) is 0 Å². The zero-order chi connectivity index (χ0) is 12.4. The van der Waals surface area contributed by atoms with Crippen molar-refractivity contribution in [2.75, 3.05) is 26.2 Å². The van der Waals surface area contributed by atoms with E-state index in [0.29, 0.717) is 12.1 Å². The lowest BCUT2D eigenvalue weighted by molar-refractivity contribution is -0.0470. The van der Waals surface area contributed by atoms with Gasteiger partial charge in [-0.1, -0.05) is 0 Å². The molecule has 0 saturated carbocycles. The minimum atomic E-state index is 0.362. The molecule has 1 aromatic heterocycles. The highest BCUT2D eigenvalue weighted by molar-refractivity contribution is 9.11. The smallest absolute Gasteiger partial charge is 0.0827 e. The fraction of sp³-hybridized carbons (Fsp3) is 0.692. The molecule has 18 heavy (non-hydrogen) atoms. The zero-order valence-corrected chi connectivity index (χ0v) is 12.8. The van der Waals surface area contributed by atoms with Crippen LogP contribution in [0.25, 0.3) is 0 Å². The Morgan fingerprint density at radius 2 is 2.50 bits per heavy atom. The van der Waals surface area contributed by atoms with E-state index in [4.69, 9.17) is 4.74 Å². The molecule has 0 radical (unpaired) electrons. The van der Waals surface area contributed by atoms with Crippen molar-refractivity contribution in [3.63, 3.8) is 0 Å². The number of hydrogen-bond donors (Lipinski definition) is 1. The predicted octanol–water partition coefficient (Wildman–Crippen LogP) is 2.46. The maximum atomic E-state index is 5.92. The lowest BCUT2D eigenvalue weighted by Gasteiger charge is -2.35. The van der Waals surface area contributed by atoms with Crippen LogP contribution in [-0.2, 0) is 11.3 Å². The fourth-order valence-electron chi connectivity index (χ4n) is 2.83. The van der Waals surface area contributed by atoms with Crippen molar-refractivity contribution < 1.29 is 4.74 Å². The lowest BCUT2D eigenvalue weighted by atomic mass is 10.2. The minimum absolute atomic E-state index is 0.362. The van der Waals surface area contributed by atoms with E-state index in [9.17, 15) is 0 Å². The van der Waals surface area contributed by atoms with Gasteiger partial charge in [-0.15, -0.1) is 11.3 Å². The molecule has 5 heteroatoms. The van der Waals surface area contributed by atoms with Crippen molar-refractivity contribution in [2.45, 2.75) is 31.5 Å². The van der Waals surface area contributed by atoms with Crippen LogP contribution in [0.5, 0.6) is 0 Å². The second-order valence-electron chi connectivity index (χ2n) is 5.14. The van der Waals surface area contributed by atoms with E-state index in [1.807, 2.05) is 0 Å². The molecule has 3 heterocycles. The van der Waals surface area contributed by atoms with Gasteiger partial charge < -0.3 is 10.1 Å². The van der Waals surface area contributed by atoms with Crippen LogP contribution < -0.4 is 5.32 Å². The van der Waals surface area contributed by atoms with Gasteiger partial charge in [0.1, 0.15) is 0 Å². The van der Waals surface area contributed by atoms with Crippen molar-refractivity contribution >= 4 is 27.3 Å². The Labute approximate surface area is 121 Å². The molecule has 2 unspecified atom stereocenters. The third kappa shape index (κ3) is 3.14.